The van der Waals surface area contributed by atoms with E-state index in [1.54, 1.807) is 0 Å². The topological polar surface area (TPSA) is 55.1 Å². The lowest BCUT2D eigenvalue weighted by Crippen LogP contribution is -2.44. The molecule has 1 aliphatic carbocycles. The summed E-state index contributed by atoms with van der Waals surface area (Å²) >= 11 is 8.23. The molecule has 0 saturated heterocycles. The fourth-order valence-electron chi connectivity index (χ4n) is 2.43. The van der Waals surface area contributed by atoms with Crippen LogP contribution in [0.2, 0.25) is 0 Å². The Balaban J connectivity index is 2.00. The van der Waals surface area contributed by atoms with Crippen LogP contribution >= 0.6 is 43.2 Å². The third-order valence-corrected chi connectivity index (χ3v) is 6.66. The maximum atomic E-state index is 12.1. The number of halogens is 2. The monoisotopic (exact) mass is 394 g/mol. The second-order valence-electron chi connectivity index (χ2n) is 4.59. The standard InChI is InChI=1S/C12H16Br2N2OS/c13-8-5-10(18-11(8)14)12(17)16-9(6-15)7-3-1-2-4-7/h5,7,9H,1-4,6,15H2,(H,16,17). The van der Waals surface area contributed by atoms with Crippen molar-refractivity contribution in [3.8, 4) is 0 Å². The van der Waals surface area contributed by atoms with Crippen molar-refractivity contribution in [3.05, 3.63) is 19.2 Å². The van der Waals surface area contributed by atoms with Crippen molar-refractivity contribution < 1.29 is 4.79 Å². The quantitative estimate of drug-likeness (QED) is 0.819. The minimum Gasteiger partial charge on any atom is -0.347 e. The van der Waals surface area contributed by atoms with Gasteiger partial charge in [-0.25, -0.2) is 0 Å². The molecule has 0 aromatic carbocycles. The second-order valence-corrected chi connectivity index (χ2v) is 7.82. The largest absolute Gasteiger partial charge is 0.347 e. The molecule has 1 aromatic heterocycles. The van der Waals surface area contributed by atoms with Gasteiger partial charge in [0.2, 0.25) is 0 Å². The molecule has 3 N–H and O–H groups in total. The molecule has 3 nitrogen and oxygen atoms in total. The number of hydrogen-bond acceptors (Lipinski definition) is 3. The molecule has 1 unspecified atom stereocenters. The zero-order valence-electron chi connectivity index (χ0n) is 9.92. The van der Waals surface area contributed by atoms with Crippen LogP contribution in [0.4, 0.5) is 0 Å². The molecule has 0 spiro atoms. The highest BCUT2D eigenvalue weighted by atomic mass is 79.9. The molecule has 0 radical (unpaired) electrons. The number of rotatable bonds is 4. The lowest BCUT2D eigenvalue weighted by atomic mass is 9.98. The molecule has 1 atom stereocenters. The zero-order chi connectivity index (χ0) is 13.1. The number of nitrogens with one attached hydrogen (secondary N) is 1. The Morgan fingerprint density at radius 3 is 2.67 bits per heavy atom. The summed E-state index contributed by atoms with van der Waals surface area (Å²) in [6, 6.07) is 1.95. The first-order valence-electron chi connectivity index (χ1n) is 6.07. The molecule has 18 heavy (non-hydrogen) atoms. The van der Waals surface area contributed by atoms with Gasteiger partial charge in [-0.15, -0.1) is 11.3 Å². The number of carbonyl (C=O) groups excluding carboxylic acids is 1. The number of thiophene rings is 1. The summed E-state index contributed by atoms with van der Waals surface area (Å²) in [6.07, 6.45) is 4.88. The molecule has 1 aromatic rings. The average Bonchev–Trinajstić information content (AvgIpc) is 2.97. The Labute approximate surface area is 128 Å². The molecule has 6 heteroatoms. The molecule has 1 aliphatic rings. The lowest BCUT2D eigenvalue weighted by Gasteiger charge is -2.22. The minimum atomic E-state index is -0.0197. The van der Waals surface area contributed by atoms with E-state index in [1.165, 1.54) is 37.0 Å². The molecular formula is C12H16Br2N2OS. The van der Waals surface area contributed by atoms with Crippen LogP contribution < -0.4 is 11.1 Å². The smallest absolute Gasteiger partial charge is 0.261 e. The summed E-state index contributed by atoms with van der Waals surface area (Å²) in [5, 5.41) is 3.07. The van der Waals surface area contributed by atoms with Crippen molar-refractivity contribution >= 4 is 49.1 Å². The first kappa shape index (κ1) is 14.5. The minimum absolute atomic E-state index is 0.0197. The van der Waals surface area contributed by atoms with Crippen molar-refractivity contribution in [2.24, 2.45) is 11.7 Å². The van der Waals surface area contributed by atoms with E-state index in [9.17, 15) is 4.79 Å². The van der Waals surface area contributed by atoms with Gasteiger partial charge in [0.25, 0.3) is 5.91 Å². The van der Waals surface area contributed by atoms with E-state index in [4.69, 9.17) is 5.73 Å². The normalized spacial score (nSPS) is 17.9. The van der Waals surface area contributed by atoms with Gasteiger partial charge in [-0.1, -0.05) is 12.8 Å². The highest BCUT2D eigenvalue weighted by Crippen LogP contribution is 2.33. The molecule has 1 amide bonds. The van der Waals surface area contributed by atoms with Gasteiger partial charge in [-0.3, -0.25) is 4.79 Å². The highest BCUT2D eigenvalue weighted by Gasteiger charge is 2.26. The number of carbonyl (C=O) groups is 1. The Morgan fingerprint density at radius 2 is 2.17 bits per heavy atom. The Morgan fingerprint density at radius 1 is 1.50 bits per heavy atom. The molecular weight excluding hydrogens is 380 g/mol. The van der Waals surface area contributed by atoms with E-state index in [0.717, 1.165) is 8.26 Å². The summed E-state index contributed by atoms with van der Waals surface area (Å²) in [5.41, 5.74) is 5.78. The summed E-state index contributed by atoms with van der Waals surface area (Å²) in [4.78, 5) is 12.9. The van der Waals surface area contributed by atoms with Gasteiger partial charge in [0, 0.05) is 17.1 Å². The molecule has 0 aliphatic heterocycles. The molecule has 2 rings (SSSR count). The van der Waals surface area contributed by atoms with Crippen molar-refractivity contribution in [1.82, 2.24) is 5.32 Å². The van der Waals surface area contributed by atoms with Crippen LogP contribution in [0.15, 0.2) is 14.3 Å². The van der Waals surface area contributed by atoms with Gasteiger partial charge in [0.05, 0.1) is 8.66 Å². The molecule has 0 bridgehead atoms. The van der Waals surface area contributed by atoms with E-state index in [2.05, 4.69) is 37.2 Å². The summed E-state index contributed by atoms with van der Waals surface area (Å²) in [5.74, 6) is 0.527. The highest BCUT2D eigenvalue weighted by molar-refractivity contribution is 9.13. The molecule has 1 saturated carbocycles. The summed E-state index contributed by atoms with van der Waals surface area (Å²) in [6.45, 7) is 0.518. The average molecular weight is 396 g/mol. The van der Waals surface area contributed by atoms with E-state index >= 15 is 0 Å². The maximum absolute atomic E-state index is 12.1. The Kier molecular flexibility index (Phi) is 5.24. The Bertz CT molecular complexity index is 410. The van der Waals surface area contributed by atoms with Crippen molar-refractivity contribution in [2.75, 3.05) is 6.54 Å². The van der Waals surface area contributed by atoms with Gasteiger partial charge in [-0.2, -0.15) is 0 Å². The van der Waals surface area contributed by atoms with Crippen LogP contribution in [-0.4, -0.2) is 18.5 Å². The van der Waals surface area contributed by atoms with E-state index in [1.807, 2.05) is 6.07 Å². The third-order valence-electron chi connectivity index (χ3n) is 3.41. The molecule has 100 valence electrons. The van der Waals surface area contributed by atoms with E-state index < -0.39 is 0 Å². The summed E-state index contributed by atoms with van der Waals surface area (Å²) in [7, 11) is 0. The van der Waals surface area contributed by atoms with E-state index in [-0.39, 0.29) is 11.9 Å². The van der Waals surface area contributed by atoms with Crippen molar-refractivity contribution in [3.63, 3.8) is 0 Å². The van der Waals surface area contributed by atoms with Crippen LogP contribution in [0.25, 0.3) is 0 Å². The zero-order valence-corrected chi connectivity index (χ0v) is 13.9. The predicted octanol–water partition coefficient (Wildman–Crippen LogP) is 3.52. The maximum Gasteiger partial charge on any atom is 0.261 e. The fraction of sp³-hybridized carbons (Fsp3) is 0.583. The Hall–Kier alpha value is 0.0900. The van der Waals surface area contributed by atoms with Gasteiger partial charge in [0.15, 0.2) is 0 Å². The van der Waals surface area contributed by atoms with E-state index in [0.29, 0.717) is 17.3 Å². The number of nitrogens with two attached hydrogens (primary N) is 1. The van der Waals surface area contributed by atoms with Gasteiger partial charge >= 0.3 is 0 Å². The van der Waals surface area contributed by atoms with Crippen LogP contribution in [-0.2, 0) is 0 Å². The van der Waals surface area contributed by atoms with Crippen molar-refractivity contribution in [1.29, 1.82) is 0 Å². The van der Waals surface area contributed by atoms with Crippen LogP contribution in [0.3, 0.4) is 0 Å². The van der Waals surface area contributed by atoms with Gasteiger partial charge < -0.3 is 11.1 Å². The first-order chi connectivity index (χ1) is 8.61. The van der Waals surface area contributed by atoms with Gasteiger partial charge in [0.1, 0.15) is 0 Å². The lowest BCUT2D eigenvalue weighted by molar-refractivity contribution is 0.0928. The predicted molar refractivity (Wildman–Crippen MR) is 82.0 cm³/mol. The third kappa shape index (κ3) is 3.35. The first-order valence-corrected chi connectivity index (χ1v) is 8.48. The molecule has 1 fully saturated rings. The second kappa shape index (κ2) is 6.50. The summed E-state index contributed by atoms with van der Waals surface area (Å²) < 4.78 is 1.86. The molecule has 1 heterocycles. The van der Waals surface area contributed by atoms with Crippen molar-refractivity contribution in [2.45, 2.75) is 31.7 Å². The number of amides is 1. The van der Waals surface area contributed by atoms with Gasteiger partial charge in [-0.05, 0) is 56.7 Å². The van der Waals surface area contributed by atoms with Crippen LogP contribution in [0.1, 0.15) is 35.4 Å². The van der Waals surface area contributed by atoms with Crippen LogP contribution in [0.5, 0.6) is 0 Å². The van der Waals surface area contributed by atoms with Crippen LogP contribution in [0, 0.1) is 5.92 Å². The number of hydrogen-bond donors (Lipinski definition) is 2. The fourth-order valence-corrected chi connectivity index (χ4v) is 4.37. The SMILES string of the molecule is NCC(NC(=O)c1cc(Br)c(Br)s1)C1CCCC1.